The Morgan fingerprint density at radius 3 is 0.883 bits per heavy atom. The fourth-order valence-electron chi connectivity index (χ4n) is 9.41. The molecule has 0 heterocycles. The van der Waals surface area contributed by atoms with Crippen LogP contribution in [0.3, 0.4) is 0 Å². The molecule has 9 aromatic carbocycles. The van der Waals surface area contributed by atoms with E-state index in [1.54, 1.807) is 13.8 Å². The third-order valence-electron chi connectivity index (χ3n) is 13.9. The van der Waals surface area contributed by atoms with E-state index in [1.165, 1.54) is 109 Å². The molecule has 0 aliphatic carbocycles. The molecule has 0 atom stereocenters. The molecule has 6 amide bonds. The van der Waals surface area contributed by atoms with Gasteiger partial charge in [0.15, 0.2) is 0 Å². The predicted molar refractivity (Wildman–Crippen MR) is 336 cm³/mol. The van der Waals surface area contributed by atoms with Gasteiger partial charge < -0.3 is 31.9 Å². The van der Waals surface area contributed by atoms with Gasteiger partial charge in [0.2, 0.25) is 0 Å². The van der Waals surface area contributed by atoms with E-state index in [-0.39, 0.29) is 56.1 Å². The van der Waals surface area contributed by atoms with Crippen LogP contribution >= 0.6 is 0 Å². The van der Waals surface area contributed by atoms with Crippen LogP contribution in [0.1, 0.15) is 73.3 Å². The van der Waals surface area contributed by atoms with E-state index < -0.39 is 158 Å². The van der Waals surface area contributed by atoms with Gasteiger partial charge in [0, 0.05) is 77.7 Å². The largest absolute Gasteiger partial charge is 0.322 e. The van der Waals surface area contributed by atoms with Gasteiger partial charge in [0.05, 0.1) is 21.2 Å². The van der Waals surface area contributed by atoms with Gasteiger partial charge in [-0.05, 0) is 152 Å². The average molecular weight is 1400 g/mol. The van der Waals surface area contributed by atoms with Crippen LogP contribution in [0.5, 0.6) is 0 Å². The van der Waals surface area contributed by atoms with Gasteiger partial charge in [-0.1, -0.05) is 30.3 Å². The maximum Gasteiger partial charge on any atom is 0.295 e. The monoisotopic (exact) mass is 1400 g/mol. The molecule has 36 heteroatoms. The number of aryl methyl sites for hydroxylation is 2. The zero-order valence-electron chi connectivity index (χ0n) is 47.5. The number of benzene rings is 9. The summed E-state index contributed by atoms with van der Waals surface area (Å²) >= 11 is 0. The summed E-state index contributed by atoms with van der Waals surface area (Å²) in [6.07, 6.45) is 0. The number of anilines is 6. The first-order chi connectivity index (χ1) is 43.6. The van der Waals surface area contributed by atoms with Crippen molar-refractivity contribution in [1.29, 1.82) is 0 Å². The quantitative estimate of drug-likeness (QED) is 0.0368. The van der Waals surface area contributed by atoms with Crippen molar-refractivity contribution in [3.8, 4) is 0 Å². The highest BCUT2D eigenvalue weighted by molar-refractivity contribution is 7.88. The predicted octanol–water partition coefficient (Wildman–Crippen LogP) is 7.60. The minimum Gasteiger partial charge on any atom is -0.322 e. The molecule has 9 rings (SSSR count). The fraction of sp³-hybridized carbons (Fsp3) is 0.0345. The van der Waals surface area contributed by atoms with Gasteiger partial charge in [0.1, 0.15) is 19.6 Å². The summed E-state index contributed by atoms with van der Waals surface area (Å²) in [6, 6.07) is 29.1. The lowest BCUT2D eigenvalue weighted by Crippen LogP contribution is -2.18. The Hall–Kier alpha value is -10.2. The van der Waals surface area contributed by atoms with Crippen LogP contribution in [0.4, 0.5) is 34.1 Å². The lowest BCUT2D eigenvalue weighted by Gasteiger charge is -2.16. The lowest BCUT2D eigenvalue weighted by molar-refractivity contribution is 0.101. The normalized spacial score (nSPS) is 12.2. The third kappa shape index (κ3) is 15.1. The number of fused-ring (bicyclic) bond motifs is 2. The molecule has 9 aromatic rings. The summed E-state index contributed by atoms with van der Waals surface area (Å²) in [4.78, 5) is 75.0. The first-order valence-corrected chi connectivity index (χ1v) is 34.8. The van der Waals surface area contributed by atoms with E-state index in [0.29, 0.717) is 47.5 Å². The molecule has 0 aromatic heterocycles. The second-order valence-corrected chi connectivity index (χ2v) is 28.7. The van der Waals surface area contributed by atoms with E-state index >= 15 is 0 Å². The number of carbonyl (C=O) groups excluding carboxylic acids is 6. The second-order valence-electron chi connectivity index (χ2n) is 20.3. The standard InChI is InChI=1S/C58H44N6O24S6/c1-29-12-14-35(57(69)61-43-16-18-47(91(77,78)79)41-25-39(89(71,72)73)27-49(51(41)43)93(83,84)85)23-45(29)63-55(67)33-8-4-10-37(21-33)59-53(65)31-6-3-7-32(20-31)54(66)60-38-11-5-9-34(22-38)56(68)64-46-24-36(15-13-30(46)2)58(70)62-44-17-19-48(92(80,81)82)42-26-40(90(74,75)76)28-50(52(42)44)94(86,87)88/h3-28H,1-2H3,(H,59,65)(H,60,66)(H,61,69)(H,62,70)(H,63,67)(H,64,68)(H,71,72,73)(H,74,75,76)(H,77,78,79)(H,80,81,82)(H,83,84,85)(H,86,87,88). The Morgan fingerprint density at radius 1 is 0.277 bits per heavy atom. The van der Waals surface area contributed by atoms with E-state index in [1.807, 2.05) is 0 Å². The number of nitrogens with one attached hydrogen (secondary N) is 6. The lowest BCUT2D eigenvalue weighted by atomic mass is 10.1. The van der Waals surface area contributed by atoms with Gasteiger partial charge in [-0.3, -0.25) is 56.1 Å². The number of hydrogen-bond donors (Lipinski definition) is 12. The summed E-state index contributed by atoms with van der Waals surface area (Å²) in [7, 11) is -31.9. The summed E-state index contributed by atoms with van der Waals surface area (Å²) in [5.74, 6) is -5.00. The van der Waals surface area contributed by atoms with Crippen LogP contribution in [-0.4, -0.2) is 113 Å². The molecular weight excluding hydrogens is 1360 g/mol. The molecule has 0 aliphatic heterocycles. The SMILES string of the molecule is Cc1ccc(C(=O)Nc2ccc(S(=O)(=O)O)c3cc(S(=O)(=O)O)cc(S(=O)(=O)O)c23)cc1NC(=O)c1cccc(NC(=O)c2cccc(C(=O)Nc3cccc(C(=O)Nc4cc(C(=O)Nc5ccc(S(=O)(=O)O)c6cc(S(=O)(=O)O)cc(S(=O)(=O)O)c56)ccc4C)c3)c2)c1. The summed E-state index contributed by atoms with van der Waals surface area (Å²) in [6.45, 7) is 3.13. The molecule has 0 aliphatic rings. The fourth-order valence-corrected chi connectivity index (χ4v) is 13.5. The summed E-state index contributed by atoms with van der Waals surface area (Å²) < 4.78 is 207. The second kappa shape index (κ2) is 25.4. The van der Waals surface area contributed by atoms with E-state index in [4.69, 9.17) is 0 Å². The Kier molecular flexibility index (Phi) is 18.4. The first-order valence-electron chi connectivity index (χ1n) is 26.1. The number of amides is 6. The first kappa shape index (κ1) is 68.2. The van der Waals surface area contributed by atoms with Gasteiger partial charge in [-0.25, -0.2) is 0 Å². The highest BCUT2D eigenvalue weighted by Gasteiger charge is 2.30. The van der Waals surface area contributed by atoms with Gasteiger partial charge in [-0.15, -0.1) is 0 Å². The van der Waals surface area contributed by atoms with Crippen molar-refractivity contribution in [2.45, 2.75) is 43.2 Å². The molecular formula is C58H44N6O24S6. The van der Waals surface area contributed by atoms with Crippen LogP contribution in [0.15, 0.2) is 187 Å². The number of carbonyl (C=O) groups is 6. The summed E-state index contributed by atoms with van der Waals surface area (Å²) in [5.41, 5.74) is -0.340. The Morgan fingerprint density at radius 2 is 0.564 bits per heavy atom. The highest BCUT2D eigenvalue weighted by Crippen LogP contribution is 2.39. The Bertz CT molecular complexity index is 5220. The van der Waals surface area contributed by atoms with Crippen molar-refractivity contribution in [1.82, 2.24) is 0 Å². The van der Waals surface area contributed by atoms with E-state index in [2.05, 4.69) is 31.9 Å². The molecule has 0 radical (unpaired) electrons. The maximum atomic E-state index is 13.7. The Labute approximate surface area is 532 Å². The molecule has 0 bridgehead atoms. The van der Waals surface area contributed by atoms with Crippen LogP contribution in [-0.2, 0) is 60.7 Å². The smallest absolute Gasteiger partial charge is 0.295 e. The molecule has 486 valence electrons. The van der Waals surface area contributed by atoms with Gasteiger partial charge in [-0.2, -0.15) is 50.5 Å². The van der Waals surface area contributed by atoms with Crippen molar-refractivity contribution >= 4 is 152 Å². The number of hydrogen-bond acceptors (Lipinski definition) is 18. The zero-order valence-corrected chi connectivity index (χ0v) is 52.4. The van der Waals surface area contributed by atoms with Gasteiger partial charge in [0.25, 0.3) is 96.2 Å². The van der Waals surface area contributed by atoms with Crippen LogP contribution in [0.25, 0.3) is 21.5 Å². The molecule has 30 nitrogen and oxygen atoms in total. The summed E-state index contributed by atoms with van der Waals surface area (Å²) in [5, 5.41) is 12.0. The third-order valence-corrected chi connectivity index (χ3v) is 19.1. The molecule has 0 spiro atoms. The minimum atomic E-state index is -5.45. The van der Waals surface area contributed by atoms with Crippen molar-refractivity contribution in [2.75, 3.05) is 31.9 Å². The zero-order chi connectivity index (χ0) is 68.9. The molecule has 0 saturated heterocycles. The van der Waals surface area contributed by atoms with Crippen molar-refractivity contribution in [3.63, 3.8) is 0 Å². The van der Waals surface area contributed by atoms with Crippen molar-refractivity contribution in [2.24, 2.45) is 0 Å². The van der Waals surface area contributed by atoms with Crippen molar-refractivity contribution < 1.29 is 107 Å². The topological polar surface area (TPSA) is 501 Å². The van der Waals surface area contributed by atoms with Crippen LogP contribution in [0.2, 0.25) is 0 Å². The van der Waals surface area contributed by atoms with Crippen molar-refractivity contribution in [3.05, 3.63) is 202 Å². The molecule has 12 N–H and O–H groups in total. The average Bonchev–Trinajstić information content (AvgIpc) is 0.747. The molecule has 0 unspecified atom stereocenters. The minimum absolute atomic E-state index is 0.0130. The number of rotatable bonds is 18. The Balaban J connectivity index is 0.857. The van der Waals surface area contributed by atoms with E-state index in [0.717, 1.165) is 12.1 Å². The van der Waals surface area contributed by atoms with Crippen LogP contribution < -0.4 is 31.9 Å². The highest BCUT2D eigenvalue weighted by atomic mass is 32.2. The maximum absolute atomic E-state index is 13.7. The van der Waals surface area contributed by atoms with E-state index in [9.17, 15) is 107 Å². The molecule has 94 heavy (non-hydrogen) atoms. The molecule has 0 saturated carbocycles. The van der Waals surface area contributed by atoms with Gasteiger partial charge >= 0.3 is 0 Å². The molecule has 0 fully saturated rings. The van der Waals surface area contributed by atoms with Crippen LogP contribution in [0, 0.1) is 13.8 Å².